The van der Waals surface area contributed by atoms with Crippen molar-refractivity contribution in [1.82, 2.24) is 9.97 Å². The molecule has 0 fully saturated rings. The number of hydrogen-bond donors (Lipinski definition) is 1. The van der Waals surface area contributed by atoms with E-state index in [4.69, 9.17) is 16.3 Å². The highest BCUT2D eigenvalue weighted by atomic mass is 35.5. The van der Waals surface area contributed by atoms with Crippen molar-refractivity contribution in [3.63, 3.8) is 0 Å². The van der Waals surface area contributed by atoms with Crippen LogP contribution in [0.15, 0.2) is 24.3 Å². The van der Waals surface area contributed by atoms with Crippen LogP contribution >= 0.6 is 11.6 Å². The summed E-state index contributed by atoms with van der Waals surface area (Å²) in [6, 6.07) is 5.73. The zero-order valence-corrected chi connectivity index (χ0v) is 11.5. The molecular formula is C12H11ClN4O3. The number of halogens is 1. The summed E-state index contributed by atoms with van der Waals surface area (Å²) in [4.78, 5) is 18.4. The largest absolute Gasteiger partial charge is 0.439 e. The predicted octanol–water partition coefficient (Wildman–Crippen LogP) is 3.18. The van der Waals surface area contributed by atoms with E-state index in [9.17, 15) is 10.1 Å². The standard InChI is InChI=1S/C12H11ClN4O3/c1-7-15-11(14-2)6-12(16-7)20-8-3-4-10(17(18)19)9(13)5-8/h3-6H,1-2H3,(H,14,15,16). The molecule has 1 aromatic heterocycles. The Balaban J connectivity index is 2.28. The number of rotatable bonds is 4. The molecule has 0 aliphatic carbocycles. The molecule has 0 aliphatic rings. The third-order valence-corrected chi connectivity index (χ3v) is 2.71. The molecule has 0 atom stereocenters. The zero-order valence-electron chi connectivity index (χ0n) is 10.8. The molecule has 0 amide bonds. The number of ether oxygens (including phenoxy) is 1. The highest BCUT2D eigenvalue weighted by molar-refractivity contribution is 6.32. The molecule has 1 N–H and O–H groups in total. The fourth-order valence-electron chi connectivity index (χ4n) is 1.54. The van der Waals surface area contributed by atoms with Crippen LogP contribution in [0.4, 0.5) is 11.5 Å². The lowest BCUT2D eigenvalue weighted by Gasteiger charge is -2.07. The average Bonchev–Trinajstić information content (AvgIpc) is 2.37. The summed E-state index contributed by atoms with van der Waals surface area (Å²) < 4.78 is 5.52. The number of anilines is 1. The molecule has 2 rings (SSSR count). The first kappa shape index (κ1) is 14.0. The molecular weight excluding hydrogens is 284 g/mol. The number of aromatic nitrogens is 2. The smallest absolute Gasteiger partial charge is 0.288 e. The molecule has 104 valence electrons. The number of nitrogens with one attached hydrogen (secondary N) is 1. The Hall–Kier alpha value is -2.41. The van der Waals surface area contributed by atoms with Crippen LogP contribution in [-0.4, -0.2) is 21.9 Å². The topological polar surface area (TPSA) is 90.2 Å². The van der Waals surface area contributed by atoms with Crippen LogP contribution in [0.3, 0.4) is 0 Å². The van der Waals surface area contributed by atoms with Crippen molar-refractivity contribution in [2.24, 2.45) is 0 Å². The van der Waals surface area contributed by atoms with Gasteiger partial charge in [0.2, 0.25) is 5.88 Å². The number of nitro benzene ring substituents is 1. The van der Waals surface area contributed by atoms with E-state index in [1.807, 2.05) is 0 Å². The number of aryl methyl sites for hydroxylation is 1. The summed E-state index contributed by atoms with van der Waals surface area (Å²) in [5.74, 6) is 1.84. The van der Waals surface area contributed by atoms with E-state index < -0.39 is 4.92 Å². The number of nitro groups is 1. The van der Waals surface area contributed by atoms with Crippen LogP contribution in [0.5, 0.6) is 11.6 Å². The summed E-state index contributed by atoms with van der Waals surface area (Å²) in [7, 11) is 1.73. The maximum atomic E-state index is 10.7. The van der Waals surface area contributed by atoms with Gasteiger partial charge in [-0.1, -0.05) is 11.6 Å². The van der Waals surface area contributed by atoms with Crippen molar-refractivity contribution >= 4 is 23.1 Å². The summed E-state index contributed by atoms with van der Waals surface area (Å²) in [5.41, 5.74) is -0.172. The van der Waals surface area contributed by atoms with E-state index in [-0.39, 0.29) is 10.7 Å². The van der Waals surface area contributed by atoms with Gasteiger partial charge in [-0.3, -0.25) is 10.1 Å². The summed E-state index contributed by atoms with van der Waals surface area (Å²) in [5, 5.41) is 13.6. The molecule has 0 unspecified atom stereocenters. The van der Waals surface area contributed by atoms with Gasteiger partial charge >= 0.3 is 0 Å². The van der Waals surface area contributed by atoms with Gasteiger partial charge in [-0.15, -0.1) is 0 Å². The van der Waals surface area contributed by atoms with Gasteiger partial charge in [-0.2, -0.15) is 4.98 Å². The Labute approximate surface area is 119 Å². The minimum Gasteiger partial charge on any atom is -0.439 e. The minimum atomic E-state index is -0.555. The quantitative estimate of drug-likeness (QED) is 0.688. The lowest BCUT2D eigenvalue weighted by molar-refractivity contribution is -0.384. The monoisotopic (exact) mass is 294 g/mol. The Kier molecular flexibility index (Phi) is 3.99. The van der Waals surface area contributed by atoms with Gasteiger partial charge in [0.25, 0.3) is 5.69 Å². The average molecular weight is 295 g/mol. The lowest BCUT2D eigenvalue weighted by Crippen LogP contribution is -1.98. The van der Waals surface area contributed by atoms with Crippen LogP contribution in [0.2, 0.25) is 5.02 Å². The van der Waals surface area contributed by atoms with E-state index in [1.165, 1.54) is 18.2 Å². The molecule has 0 saturated heterocycles. The van der Waals surface area contributed by atoms with E-state index in [0.717, 1.165) is 0 Å². The SMILES string of the molecule is CNc1cc(Oc2ccc([N+](=O)[O-])c(Cl)c2)nc(C)n1. The highest BCUT2D eigenvalue weighted by Gasteiger charge is 2.13. The molecule has 8 heteroatoms. The molecule has 0 saturated carbocycles. The molecule has 1 aromatic carbocycles. The van der Waals surface area contributed by atoms with Gasteiger partial charge in [0.15, 0.2) is 0 Å². The van der Waals surface area contributed by atoms with Crippen LogP contribution in [0, 0.1) is 17.0 Å². The second kappa shape index (κ2) is 5.70. The van der Waals surface area contributed by atoms with Crippen molar-refractivity contribution < 1.29 is 9.66 Å². The van der Waals surface area contributed by atoms with Crippen LogP contribution in [-0.2, 0) is 0 Å². The first-order valence-electron chi connectivity index (χ1n) is 5.65. The highest BCUT2D eigenvalue weighted by Crippen LogP contribution is 2.30. The first-order chi connectivity index (χ1) is 9.49. The summed E-state index contributed by atoms with van der Waals surface area (Å²) in [6.45, 7) is 1.73. The van der Waals surface area contributed by atoms with E-state index in [2.05, 4.69) is 15.3 Å². The van der Waals surface area contributed by atoms with Gasteiger partial charge in [0.05, 0.1) is 4.92 Å². The zero-order chi connectivity index (χ0) is 14.7. The fourth-order valence-corrected chi connectivity index (χ4v) is 1.78. The second-order valence-corrected chi connectivity index (χ2v) is 4.27. The van der Waals surface area contributed by atoms with E-state index in [0.29, 0.717) is 23.3 Å². The van der Waals surface area contributed by atoms with Crippen molar-refractivity contribution in [3.05, 3.63) is 45.2 Å². The number of nitrogens with zero attached hydrogens (tertiary/aromatic N) is 3. The van der Waals surface area contributed by atoms with Gasteiger partial charge in [-0.25, -0.2) is 4.98 Å². The third kappa shape index (κ3) is 3.12. The predicted molar refractivity (Wildman–Crippen MR) is 74.5 cm³/mol. The van der Waals surface area contributed by atoms with E-state index >= 15 is 0 Å². The second-order valence-electron chi connectivity index (χ2n) is 3.86. The van der Waals surface area contributed by atoms with Crippen molar-refractivity contribution in [2.75, 3.05) is 12.4 Å². The molecule has 7 nitrogen and oxygen atoms in total. The first-order valence-corrected chi connectivity index (χ1v) is 6.02. The normalized spacial score (nSPS) is 10.2. The van der Waals surface area contributed by atoms with E-state index in [1.54, 1.807) is 20.0 Å². The Morgan fingerprint density at radius 1 is 1.35 bits per heavy atom. The molecule has 20 heavy (non-hydrogen) atoms. The number of hydrogen-bond acceptors (Lipinski definition) is 6. The van der Waals surface area contributed by atoms with Crippen LogP contribution in [0.1, 0.15) is 5.82 Å². The van der Waals surface area contributed by atoms with Gasteiger partial charge in [-0.05, 0) is 13.0 Å². The Bertz CT molecular complexity index is 663. The third-order valence-electron chi connectivity index (χ3n) is 2.41. The molecule has 2 aromatic rings. The molecule has 0 aliphatic heterocycles. The Morgan fingerprint density at radius 2 is 2.10 bits per heavy atom. The van der Waals surface area contributed by atoms with Crippen molar-refractivity contribution in [3.8, 4) is 11.6 Å². The molecule has 0 bridgehead atoms. The maximum Gasteiger partial charge on any atom is 0.288 e. The maximum absolute atomic E-state index is 10.7. The summed E-state index contributed by atoms with van der Waals surface area (Å²) >= 11 is 5.81. The van der Waals surface area contributed by atoms with Crippen LogP contribution < -0.4 is 10.1 Å². The van der Waals surface area contributed by atoms with Crippen molar-refractivity contribution in [2.45, 2.75) is 6.92 Å². The molecule has 1 heterocycles. The Morgan fingerprint density at radius 3 is 2.70 bits per heavy atom. The summed E-state index contributed by atoms with van der Waals surface area (Å²) in [6.07, 6.45) is 0. The van der Waals surface area contributed by atoms with Gasteiger partial charge in [0.1, 0.15) is 22.4 Å². The number of benzene rings is 1. The van der Waals surface area contributed by atoms with Crippen molar-refractivity contribution in [1.29, 1.82) is 0 Å². The van der Waals surface area contributed by atoms with Gasteiger partial charge < -0.3 is 10.1 Å². The van der Waals surface area contributed by atoms with Crippen LogP contribution in [0.25, 0.3) is 0 Å². The van der Waals surface area contributed by atoms with Gasteiger partial charge in [0, 0.05) is 25.2 Å². The molecule has 0 radical (unpaired) electrons. The minimum absolute atomic E-state index is 0.00659. The lowest BCUT2D eigenvalue weighted by atomic mass is 10.3. The molecule has 0 spiro atoms. The fraction of sp³-hybridized carbons (Fsp3) is 0.167.